The summed E-state index contributed by atoms with van der Waals surface area (Å²) in [6, 6.07) is 11.9. The lowest BCUT2D eigenvalue weighted by Gasteiger charge is -2.36. The molecule has 1 heterocycles. The largest absolute Gasteiger partial charge is 0.482 e. The highest BCUT2D eigenvalue weighted by Gasteiger charge is 2.21. The van der Waals surface area contributed by atoms with Crippen LogP contribution in [0.25, 0.3) is 0 Å². The maximum Gasteiger partial charge on any atom is 0.260 e. The summed E-state index contributed by atoms with van der Waals surface area (Å²) in [6.45, 7) is 4.56. The standard InChI is InChI=1S/C19H20ClFN2O2/c1-14-2-7-17(20)18(12-14)25-13-19(24)23-10-8-22(9-11-23)16-5-3-15(21)4-6-16/h2-7,12H,8-11,13H2,1H3. The molecule has 25 heavy (non-hydrogen) atoms. The van der Waals surface area contributed by atoms with Gasteiger partial charge in [0.15, 0.2) is 6.61 Å². The van der Waals surface area contributed by atoms with Gasteiger partial charge in [-0.1, -0.05) is 17.7 Å². The van der Waals surface area contributed by atoms with Gasteiger partial charge in [0.1, 0.15) is 11.6 Å². The van der Waals surface area contributed by atoms with Gasteiger partial charge in [0, 0.05) is 31.9 Å². The summed E-state index contributed by atoms with van der Waals surface area (Å²) < 4.78 is 18.6. The number of aryl methyl sites for hydroxylation is 1. The number of carbonyl (C=O) groups is 1. The van der Waals surface area contributed by atoms with Crippen LogP contribution in [-0.4, -0.2) is 43.6 Å². The van der Waals surface area contributed by atoms with E-state index in [0.717, 1.165) is 11.3 Å². The van der Waals surface area contributed by atoms with Gasteiger partial charge < -0.3 is 14.5 Å². The first-order chi connectivity index (χ1) is 12.0. The number of anilines is 1. The Labute approximate surface area is 151 Å². The number of hydrogen-bond donors (Lipinski definition) is 0. The van der Waals surface area contributed by atoms with E-state index in [0.29, 0.717) is 37.0 Å². The smallest absolute Gasteiger partial charge is 0.260 e. The minimum absolute atomic E-state index is 0.0281. The summed E-state index contributed by atoms with van der Waals surface area (Å²) in [5.41, 5.74) is 2.00. The summed E-state index contributed by atoms with van der Waals surface area (Å²) in [7, 11) is 0. The summed E-state index contributed by atoms with van der Waals surface area (Å²) in [5, 5.41) is 0.500. The summed E-state index contributed by atoms with van der Waals surface area (Å²) in [4.78, 5) is 16.3. The molecule has 0 saturated carbocycles. The van der Waals surface area contributed by atoms with Gasteiger partial charge in [0.05, 0.1) is 5.02 Å². The number of rotatable bonds is 4. The lowest BCUT2D eigenvalue weighted by molar-refractivity contribution is -0.133. The Kier molecular flexibility index (Phi) is 5.43. The molecule has 0 N–H and O–H groups in total. The molecule has 132 valence electrons. The van der Waals surface area contributed by atoms with Crippen molar-refractivity contribution in [1.82, 2.24) is 4.90 Å². The average Bonchev–Trinajstić information content (AvgIpc) is 2.63. The zero-order chi connectivity index (χ0) is 17.8. The fourth-order valence-corrected chi connectivity index (χ4v) is 2.99. The Hall–Kier alpha value is -2.27. The normalized spacial score (nSPS) is 14.5. The molecule has 1 amide bonds. The van der Waals surface area contributed by atoms with Crippen LogP contribution < -0.4 is 9.64 Å². The molecule has 0 bridgehead atoms. The molecular weight excluding hydrogens is 343 g/mol. The number of benzene rings is 2. The number of ether oxygens (including phenoxy) is 1. The van der Waals surface area contributed by atoms with Crippen LogP contribution in [0.5, 0.6) is 5.75 Å². The Balaban J connectivity index is 1.51. The Morgan fingerprint density at radius 3 is 2.48 bits per heavy atom. The van der Waals surface area contributed by atoms with Crippen LogP contribution in [-0.2, 0) is 4.79 Å². The number of halogens is 2. The van der Waals surface area contributed by atoms with Crippen LogP contribution in [0.3, 0.4) is 0 Å². The Morgan fingerprint density at radius 2 is 1.80 bits per heavy atom. The molecule has 0 aliphatic carbocycles. The third-order valence-electron chi connectivity index (χ3n) is 4.26. The van der Waals surface area contributed by atoms with Gasteiger partial charge in [-0.3, -0.25) is 4.79 Å². The van der Waals surface area contributed by atoms with E-state index in [-0.39, 0.29) is 18.3 Å². The van der Waals surface area contributed by atoms with Crippen molar-refractivity contribution >= 4 is 23.2 Å². The molecule has 0 spiro atoms. The second-order valence-electron chi connectivity index (χ2n) is 6.07. The first-order valence-corrected chi connectivity index (χ1v) is 8.58. The molecular formula is C19H20ClFN2O2. The highest BCUT2D eigenvalue weighted by molar-refractivity contribution is 6.32. The van der Waals surface area contributed by atoms with Crippen molar-refractivity contribution in [2.24, 2.45) is 0 Å². The predicted molar refractivity (Wildman–Crippen MR) is 96.9 cm³/mol. The zero-order valence-corrected chi connectivity index (χ0v) is 14.8. The molecule has 1 fully saturated rings. The highest BCUT2D eigenvalue weighted by atomic mass is 35.5. The molecule has 6 heteroatoms. The summed E-state index contributed by atoms with van der Waals surface area (Å²) >= 11 is 6.08. The molecule has 2 aromatic carbocycles. The van der Waals surface area contributed by atoms with Crippen molar-refractivity contribution in [3.8, 4) is 5.75 Å². The van der Waals surface area contributed by atoms with Crippen LogP contribution >= 0.6 is 11.6 Å². The van der Waals surface area contributed by atoms with Gasteiger partial charge in [-0.2, -0.15) is 0 Å². The third-order valence-corrected chi connectivity index (χ3v) is 4.57. The molecule has 1 aliphatic rings. The first kappa shape index (κ1) is 17.5. The average molecular weight is 363 g/mol. The van der Waals surface area contributed by atoms with Crippen molar-refractivity contribution in [1.29, 1.82) is 0 Å². The highest BCUT2D eigenvalue weighted by Crippen LogP contribution is 2.25. The quantitative estimate of drug-likeness (QED) is 0.834. The zero-order valence-electron chi connectivity index (χ0n) is 14.0. The number of amides is 1. The van der Waals surface area contributed by atoms with E-state index in [1.807, 2.05) is 19.1 Å². The van der Waals surface area contributed by atoms with Gasteiger partial charge in [-0.05, 0) is 48.9 Å². The van der Waals surface area contributed by atoms with Gasteiger partial charge in [-0.25, -0.2) is 4.39 Å². The third kappa shape index (κ3) is 4.42. The second kappa shape index (κ2) is 7.74. The lowest BCUT2D eigenvalue weighted by Crippen LogP contribution is -2.50. The van der Waals surface area contributed by atoms with E-state index < -0.39 is 0 Å². The molecule has 0 radical (unpaired) electrons. The summed E-state index contributed by atoms with van der Waals surface area (Å²) in [6.07, 6.45) is 0. The van der Waals surface area contributed by atoms with Crippen molar-refractivity contribution < 1.29 is 13.9 Å². The van der Waals surface area contributed by atoms with E-state index in [2.05, 4.69) is 4.90 Å². The van der Waals surface area contributed by atoms with Gasteiger partial charge in [-0.15, -0.1) is 0 Å². The molecule has 3 rings (SSSR count). The van der Waals surface area contributed by atoms with Crippen LogP contribution in [0, 0.1) is 12.7 Å². The number of hydrogen-bond acceptors (Lipinski definition) is 3. The predicted octanol–water partition coefficient (Wildman–Crippen LogP) is 3.52. The summed E-state index contributed by atoms with van der Waals surface area (Å²) in [5.74, 6) is 0.223. The molecule has 2 aromatic rings. The Bertz CT molecular complexity index is 744. The Morgan fingerprint density at radius 1 is 1.12 bits per heavy atom. The lowest BCUT2D eigenvalue weighted by atomic mass is 10.2. The van der Waals surface area contributed by atoms with Gasteiger partial charge in [0.25, 0.3) is 5.91 Å². The van der Waals surface area contributed by atoms with Crippen molar-refractivity contribution in [2.75, 3.05) is 37.7 Å². The minimum atomic E-state index is -0.246. The fourth-order valence-electron chi connectivity index (χ4n) is 2.82. The van der Waals surface area contributed by atoms with E-state index in [9.17, 15) is 9.18 Å². The SMILES string of the molecule is Cc1ccc(Cl)c(OCC(=O)N2CCN(c3ccc(F)cc3)CC2)c1. The number of piperazine rings is 1. The van der Waals surface area contributed by atoms with Gasteiger partial charge in [0.2, 0.25) is 0 Å². The van der Waals surface area contributed by atoms with Crippen LogP contribution in [0.4, 0.5) is 10.1 Å². The van der Waals surface area contributed by atoms with Crippen LogP contribution in [0.15, 0.2) is 42.5 Å². The molecule has 0 unspecified atom stereocenters. The molecule has 0 atom stereocenters. The van der Waals surface area contributed by atoms with E-state index in [1.165, 1.54) is 12.1 Å². The maximum absolute atomic E-state index is 13.0. The fraction of sp³-hybridized carbons (Fsp3) is 0.316. The van der Waals surface area contributed by atoms with Crippen molar-refractivity contribution in [3.05, 3.63) is 58.9 Å². The maximum atomic E-state index is 13.0. The molecule has 1 saturated heterocycles. The van der Waals surface area contributed by atoms with E-state index in [1.54, 1.807) is 23.1 Å². The van der Waals surface area contributed by atoms with Gasteiger partial charge >= 0.3 is 0 Å². The van der Waals surface area contributed by atoms with Crippen molar-refractivity contribution in [3.63, 3.8) is 0 Å². The molecule has 0 aromatic heterocycles. The first-order valence-electron chi connectivity index (χ1n) is 8.20. The topological polar surface area (TPSA) is 32.8 Å². The van der Waals surface area contributed by atoms with E-state index >= 15 is 0 Å². The van der Waals surface area contributed by atoms with Crippen LogP contribution in [0.2, 0.25) is 5.02 Å². The second-order valence-corrected chi connectivity index (χ2v) is 6.47. The van der Waals surface area contributed by atoms with Crippen LogP contribution in [0.1, 0.15) is 5.56 Å². The van der Waals surface area contributed by atoms with E-state index in [4.69, 9.17) is 16.3 Å². The number of carbonyl (C=O) groups excluding carboxylic acids is 1. The minimum Gasteiger partial charge on any atom is -0.482 e. The molecule has 1 aliphatic heterocycles. The number of nitrogens with zero attached hydrogens (tertiary/aromatic N) is 2. The van der Waals surface area contributed by atoms with Crippen molar-refractivity contribution in [2.45, 2.75) is 6.92 Å². The molecule has 4 nitrogen and oxygen atoms in total. The monoisotopic (exact) mass is 362 g/mol.